The number of hydrogen-bond acceptors (Lipinski definition) is 2. The first kappa shape index (κ1) is 12.2. The first-order chi connectivity index (χ1) is 8.40. The van der Waals surface area contributed by atoms with E-state index in [2.05, 4.69) is 12.1 Å². The average molecular weight is 231 g/mol. The third-order valence-electron chi connectivity index (χ3n) is 3.18. The number of nitrogens with zero attached hydrogens (tertiary/aromatic N) is 1. The van der Waals surface area contributed by atoms with Gasteiger partial charge in [0.1, 0.15) is 0 Å². The zero-order chi connectivity index (χ0) is 11.9. The minimum atomic E-state index is 0.463. The highest BCUT2D eigenvalue weighted by Gasteiger charge is 2.14. The van der Waals surface area contributed by atoms with Crippen LogP contribution in [0.2, 0.25) is 0 Å². The van der Waals surface area contributed by atoms with E-state index in [1.54, 1.807) is 0 Å². The average Bonchev–Trinajstić information content (AvgIpc) is 2.40. The first-order valence-electron chi connectivity index (χ1n) is 6.66. The van der Waals surface area contributed by atoms with Crippen molar-refractivity contribution in [1.82, 2.24) is 0 Å². The van der Waals surface area contributed by atoms with Crippen LogP contribution in [0, 0.1) is 0 Å². The number of ether oxygens (including phenoxy) is 1. The van der Waals surface area contributed by atoms with Crippen molar-refractivity contribution in [1.29, 1.82) is 0 Å². The van der Waals surface area contributed by atoms with E-state index in [9.17, 15) is 0 Å². The Morgan fingerprint density at radius 1 is 1.18 bits per heavy atom. The summed E-state index contributed by atoms with van der Waals surface area (Å²) in [6, 6.07) is 10.7. The molecule has 0 unspecified atom stereocenters. The molecule has 2 rings (SSSR count). The summed E-state index contributed by atoms with van der Waals surface area (Å²) in [6.07, 6.45) is 6.40. The summed E-state index contributed by atoms with van der Waals surface area (Å²) < 4.78 is 5.68. The molecule has 0 radical (unpaired) electrons. The third kappa shape index (κ3) is 3.58. The number of rotatable bonds is 3. The van der Waals surface area contributed by atoms with E-state index in [0.717, 1.165) is 11.5 Å². The fourth-order valence-electron chi connectivity index (χ4n) is 2.29. The normalized spacial score (nSPS) is 18.1. The molecule has 0 atom stereocenters. The Morgan fingerprint density at radius 3 is 2.53 bits per heavy atom. The molecule has 1 aliphatic carbocycles. The predicted octanol–water partition coefficient (Wildman–Crippen LogP) is 3.80. The van der Waals surface area contributed by atoms with Gasteiger partial charge in [0.05, 0.1) is 12.6 Å². The molecule has 1 fully saturated rings. The van der Waals surface area contributed by atoms with Gasteiger partial charge >= 0.3 is 0 Å². The molecule has 0 saturated heterocycles. The van der Waals surface area contributed by atoms with Crippen molar-refractivity contribution in [2.75, 3.05) is 6.61 Å². The summed E-state index contributed by atoms with van der Waals surface area (Å²) >= 11 is 0. The monoisotopic (exact) mass is 231 g/mol. The molecular formula is C15H21NO. The molecule has 0 aromatic heterocycles. The van der Waals surface area contributed by atoms with Gasteiger partial charge in [0, 0.05) is 5.56 Å². The van der Waals surface area contributed by atoms with Gasteiger partial charge in [0.15, 0.2) is 0 Å². The van der Waals surface area contributed by atoms with Gasteiger partial charge in [-0.15, -0.1) is 0 Å². The van der Waals surface area contributed by atoms with Crippen molar-refractivity contribution in [2.45, 2.75) is 45.1 Å². The molecule has 1 aromatic rings. The van der Waals surface area contributed by atoms with E-state index in [1.165, 1.54) is 32.1 Å². The molecule has 0 aliphatic heterocycles. The Balaban J connectivity index is 2.13. The minimum absolute atomic E-state index is 0.463. The van der Waals surface area contributed by atoms with Gasteiger partial charge in [0.25, 0.3) is 0 Å². The van der Waals surface area contributed by atoms with E-state index in [-0.39, 0.29) is 0 Å². The maximum atomic E-state index is 5.68. The van der Waals surface area contributed by atoms with Gasteiger partial charge in [-0.3, -0.25) is 0 Å². The van der Waals surface area contributed by atoms with Gasteiger partial charge in [-0.05, 0) is 31.9 Å². The van der Waals surface area contributed by atoms with Crippen LogP contribution in [0.25, 0.3) is 0 Å². The van der Waals surface area contributed by atoms with Crippen LogP contribution < -0.4 is 0 Å². The lowest BCUT2D eigenvalue weighted by molar-refractivity contribution is 0.320. The second-order valence-electron chi connectivity index (χ2n) is 4.53. The molecule has 92 valence electrons. The number of aliphatic imine (C=N–C) groups is 1. The van der Waals surface area contributed by atoms with E-state index >= 15 is 0 Å². The molecule has 2 nitrogen and oxygen atoms in total. The maximum Gasteiger partial charge on any atom is 0.216 e. The fourth-order valence-corrected chi connectivity index (χ4v) is 2.29. The summed E-state index contributed by atoms with van der Waals surface area (Å²) in [5, 5.41) is 0. The molecule has 0 spiro atoms. The van der Waals surface area contributed by atoms with Crippen molar-refractivity contribution >= 4 is 5.90 Å². The molecule has 2 heteroatoms. The zero-order valence-electron chi connectivity index (χ0n) is 10.6. The van der Waals surface area contributed by atoms with Crippen molar-refractivity contribution in [3.63, 3.8) is 0 Å². The van der Waals surface area contributed by atoms with Crippen molar-refractivity contribution < 1.29 is 4.74 Å². The lowest BCUT2D eigenvalue weighted by Crippen LogP contribution is -2.15. The van der Waals surface area contributed by atoms with Crippen molar-refractivity contribution in [3.8, 4) is 0 Å². The third-order valence-corrected chi connectivity index (χ3v) is 3.18. The Morgan fingerprint density at radius 2 is 1.88 bits per heavy atom. The van der Waals surface area contributed by atoms with E-state index in [1.807, 2.05) is 25.1 Å². The van der Waals surface area contributed by atoms with Crippen LogP contribution in [-0.2, 0) is 4.74 Å². The second kappa shape index (κ2) is 6.43. The summed E-state index contributed by atoms with van der Waals surface area (Å²) in [5.74, 6) is 0.819. The van der Waals surface area contributed by atoms with Gasteiger partial charge < -0.3 is 4.74 Å². The molecule has 0 heterocycles. The molecule has 1 aromatic carbocycles. The minimum Gasteiger partial charge on any atom is -0.478 e. The van der Waals surface area contributed by atoms with Gasteiger partial charge in [-0.2, -0.15) is 0 Å². The van der Waals surface area contributed by atoms with Gasteiger partial charge in [0.2, 0.25) is 5.90 Å². The van der Waals surface area contributed by atoms with Crippen LogP contribution in [0.5, 0.6) is 0 Å². The largest absolute Gasteiger partial charge is 0.478 e. The van der Waals surface area contributed by atoms with Crippen LogP contribution >= 0.6 is 0 Å². The summed E-state index contributed by atoms with van der Waals surface area (Å²) in [7, 11) is 0. The number of hydrogen-bond donors (Lipinski definition) is 0. The first-order valence-corrected chi connectivity index (χ1v) is 6.66. The predicted molar refractivity (Wildman–Crippen MR) is 71.5 cm³/mol. The Labute approximate surface area is 104 Å². The Bertz CT molecular complexity index is 352. The lowest BCUT2D eigenvalue weighted by Gasteiger charge is -2.19. The van der Waals surface area contributed by atoms with E-state index < -0.39 is 0 Å². The molecule has 0 bridgehead atoms. The SMILES string of the molecule is CCOC(=NC1CCCCC1)c1ccccc1. The topological polar surface area (TPSA) is 21.6 Å². The second-order valence-corrected chi connectivity index (χ2v) is 4.53. The van der Waals surface area contributed by atoms with Crippen molar-refractivity contribution in [3.05, 3.63) is 35.9 Å². The molecule has 17 heavy (non-hydrogen) atoms. The van der Waals surface area contributed by atoms with Gasteiger partial charge in [-0.1, -0.05) is 37.5 Å². The summed E-state index contributed by atoms with van der Waals surface area (Å²) in [5.41, 5.74) is 1.10. The Kier molecular flexibility index (Phi) is 4.60. The number of benzene rings is 1. The lowest BCUT2D eigenvalue weighted by atomic mass is 9.96. The highest BCUT2D eigenvalue weighted by atomic mass is 16.5. The highest BCUT2D eigenvalue weighted by Crippen LogP contribution is 2.21. The standard InChI is InChI=1S/C15H21NO/c1-2-17-15(13-9-5-3-6-10-13)16-14-11-7-4-8-12-14/h3,5-6,9-10,14H,2,4,7-8,11-12H2,1H3. The molecule has 1 saturated carbocycles. The van der Waals surface area contributed by atoms with Gasteiger partial charge in [-0.25, -0.2) is 4.99 Å². The van der Waals surface area contributed by atoms with Crippen molar-refractivity contribution in [2.24, 2.45) is 4.99 Å². The molecule has 0 amide bonds. The molecular weight excluding hydrogens is 210 g/mol. The van der Waals surface area contributed by atoms with Crippen LogP contribution in [0.3, 0.4) is 0 Å². The van der Waals surface area contributed by atoms with Crippen LogP contribution in [0.1, 0.15) is 44.6 Å². The molecule has 1 aliphatic rings. The summed E-state index contributed by atoms with van der Waals surface area (Å²) in [6.45, 7) is 2.69. The van der Waals surface area contributed by atoms with Crippen LogP contribution in [0.15, 0.2) is 35.3 Å². The highest BCUT2D eigenvalue weighted by molar-refractivity contribution is 5.94. The van der Waals surface area contributed by atoms with Crippen LogP contribution in [-0.4, -0.2) is 18.5 Å². The fraction of sp³-hybridized carbons (Fsp3) is 0.533. The smallest absolute Gasteiger partial charge is 0.216 e. The molecule has 0 N–H and O–H groups in total. The van der Waals surface area contributed by atoms with Crippen LogP contribution in [0.4, 0.5) is 0 Å². The zero-order valence-corrected chi connectivity index (χ0v) is 10.6. The van der Waals surface area contributed by atoms with E-state index in [0.29, 0.717) is 12.6 Å². The quantitative estimate of drug-likeness (QED) is 0.572. The van der Waals surface area contributed by atoms with E-state index in [4.69, 9.17) is 9.73 Å². The Hall–Kier alpha value is -1.31. The maximum absolute atomic E-state index is 5.68. The summed E-state index contributed by atoms with van der Waals surface area (Å²) in [4.78, 5) is 4.79.